The minimum Gasteiger partial charge on any atom is -0.465 e. The van der Waals surface area contributed by atoms with E-state index in [2.05, 4.69) is 23.7 Å². The Hall–Kier alpha value is -4.68. The highest BCUT2D eigenvalue weighted by atomic mass is 16.7. The number of ether oxygens (including phenoxy) is 4. The van der Waals surface area contributed by atoms with Crippen molar-refractivity contribution in [3.8, 4) is 35.2 Å². The summed E-state index contributed by atoms with van der Waals surface area (Å²) in [7, 11) is 2.68. The van der Waals surface area contributed by atoms with Crippen LogP contribution in [0.2, 0.25) is 0 Å². The zero-order valence-electron chi connectivity index (χ0n) is 17.9. The third kappa shape index (κ3) is 4.98. The van der Waals surface area contributed by atoms with Crippen LogP contribution in [0.1, 0.15) is 43.0 Å². The van der Waals surface area contributed by atoms with Gasteiger partial charge in [0.2, 0.25) is 6.79 Å². The van der Waals surface area contributed by atoms with Crippen molar-refractivity contribution in [1.29, 1.82) is 0 Å². The van der Waals surface area contributed by atoms with Crippen LogP contribution in [0.5, 0.6) is 11.5 Å². The standard InChI is InChI=1S/C27H18O6/c1-30-26(28)20-9-3-18(4-10-20)7-13-22-15-24-25(33-17-32-24)16-23(22)14-8-19-5-11-21(12-6-19)27(29)31-2/h3-6,9-12,15-16H,17H2,1-2H3. The molecule has 0 unspecified atom stereocenters. The van der Waals surface area contributed by atoms with Gasteiger partial charge < -0.3 is 18.9 Å². The van der Waals surface area contributed by atoms with Crippen molar-refractivity contribution in [2.24, 2.45) is 0 Å². The molecule has 0 bridgehead atoms. The number of fused-ring (bicyclic) bond motifs is 1. The van der Waals surface area contributed by atoms with Gasteiger partial charge in [-0.3, -0.25) is 0 Å². The molecule has 1 heterocycles. The largest absolute Gasteiger partial charge is 0.465 e. The molecule has 0 aliphatic carbocycles. The predicted molar refractivity (Wildman–Crippen MR) is 120 cm³/mol. The molecule has 0 saturated heterocycles. The van der Waals surface area contributed by atoms with Gasteiger partial charge in [0, 0.05) is 34.4 Å². The van der Waals surface area contributed by atoms with Crippen molar-refractivity contribution in [2.45, 2.75) is 0 Å². The van der Waals surface area contributed by atoms with Crippen LogP contribution >= 0.6 is 0 Å². The lowest BCUT2D eigenvalue weighted by Crippen LogP contribution is -2.00. The van der Waals surface area contributed by atoms with Gasteiger partial charge in [-0.1, -0.05) is 23.7 Å². The van der Waals surface area contributed by atoms with Gasteiger partial charge in [0.1, 0.15) is 0 Å². The van der Waals surface area contributed by atoms with E-state index in [4.69, 9.17) is 18.9 Å². The first-order valence-corrected chi connectivity index (χ1v) is 9.92. The summed E-state index contributed by atoms with van der Waals surface area (Å²) in [5.41, 5.74) is 3.73. The number of carbonyl (C=O) groups is 2. The molecule has 0 radical (unpaired) electrons. The molecule has 0 amide bonds. The first-order chi connectivity index (χ1) is 16.1. The van der Waals surface area contributed by atoms with Gasteiger partial charge in [-0.25, -0.2) is 9.59 Å². The van der Waals surface area contributed by atoms with Crippen LogP contribution in [-0.2, 0) is 9.47 Å². The lowest BCUT2D eigenvalue weighted by Gasteiger charge is -2.01. The van der Waals surface area contributed by atoms with Gasteiger partial charge in [-0.2, -0.15) is 0 Å². The number of esters is 2. The zero-order valence-corrected chi connectivity index (χ0v) is 17.9. The third-order valence-electron chi connectivity index (χ3n) is 4.81. The molecule has 0 atom stereocenters. The molecule has 3 aromatic rings. The van der Waals surface area contributed by atoms with Crippen molar-refractivity contribution in [3.63, 3.8) is 0 Å². The molecular weight excluding hydrogens is 420 g/mol. The van der Waals surface area contributed by atoms with Gasteiger partial charge in [-0.15, -0.1) is 0 Å². The van der Waals surface area contributed by atoms with Crippen LogP contribution in [0, 0.1) is 23.7 Å². The molecule has 0 N–H and O–H groups in total. The molecule has 6 heteroatoms. The van der Waals surface area contributed by atoms with E-state index in [0.717, 1.165) is 11.1 Å². The van der Waals surface area contributed by atoms with Gasteiger partial charge in [0.15, 0.2) is 11.5 Å². The summed E-state index contributed by atoms with van der Waals surface area (Å²) in [5, 5.41) is 0. The second kappa shape index (κ2) is 9.64. The van der Waals surface area contributed by atoms with Gasteiger partial charge in [0.05, 0.1) is 25.3 Å². The Morgan fingerprint density at radius 2 is 1.06 bits per heavy atom. The maximum Gasteiger partial charge on any atom is 0.337 e. The van der Waals surface area contributed by atoms with E-state index in [9.17, 15) is 9.59 Å². The quantitative estimate of drug-likeness (QED) is 0.448. The summed E-state index contributed by atoms with van der Waals surface area (Å²) in [6.45, 7) is 0.142. The fourth-order valence-corrected chi connectivity index (χ4v) is 3.04. The lowest BCUT2D eigenvalue weighted by atomic mass is 10.0. The molecule has 33 heavy (non-hydrogen) atoms. The first-order valence-electron chi connectivity index (χ1n) is 9.92. The molecule has 0 spiro atoms. The van der Waals surface area contributed by atoms with Crippen LogP contribution in [0.4, 0.5) is 0 Å². The zero-order chi connectivity index (χ0) is 23.2. The topological polar surface area (TPSA) is 71.1 Å². The minimum atomic E-state index is -0.401. The van der Waals surface area contributed by atoms with Crippen molar-refractivity contribution in [2.75, 3.05) is 21.0 Å². The fourth-order valence-electron chi connectivity index (χ4n) is 3.04. The number of methoxy groups -OCH3 is 2. The second-order valence-corrected chi connectivity index (χ2v) is 6.89. The Bertz CT molecular complexity index is 1230. The van der Waals surface area contributed by atoms with Crippen molar-refractivity contribution >= 4 is 11.9 Å². The average Bonchev–Trinajstić information content (AvgIpc) is 3.32. The maximum absolute atomic E-state index is 11.6. The summed E-state index contributed by atoms with van der Waals surface area (Å²) >= 11 is 0. The Kier molecular flexibility index (Phi) is 6.29. The Balaban J connectivity index is 1.64. The summed E-state index contributed by atoms with van der Waals surface area (Å²) in [6, 6.07) is 17.2. The monoisotopic (exact) mass is 438 g/mol. The molecule has 1 aliphatic rings. The first kappa shape index (κ1) is 21.5. The molecule has 0 saturated carbocycles. The van der Waals surface area contributed by atoms with E-state index in [1.165, 1.54) is 14.2 Å². The summed E-state index contributed by atoms with van der Waals surface area (Å²) < 4.78 is 20.4. The normalized spacial score (nSPS) is 10.8. The molecule has 4 rings (SSSR count). The molecular formula is C27H18O6. The van der Waals surface area contributed by atoms with E-state index < -0.39 is 11.9 Å². The van der Waals surface area contributed by atoms with E-state index in [1.807, 2.05) is 0 Å². The average molecular weight is 438 g/mol. The second-order valence-electron chi connectivity index (χ2n) is 6.89. The van der Waals surface area contributed by atoms with E-state index in [0.29, 0.717) is 33.8 Å². The lowest BCUT2D eigenvalue weighted by molar-refractivity contribution is 0.0592. The SMILES string of the molecule is COC(=O)c1ccc(C#Cc2cc3c(cc2C#Cc2ccc(C(=O)OC)cc2)OCO3)cc1. The number of hydrogen-bond acceptors (Lipinski definition) is 6. The van der Waals surface area contributed by atoms with Crippen molar-refractivity contribution in [3.05, 3.63) is 94.0 Å². The van der Waals surface area contributed by atoms with E-state index in [1.54, 1.807) is 60.7 Å². The number of benzene rings is 3. The highest BCUT2D eigenvalue weighted by molar-refractivity contribution is 5.89. The molecule has 6 nitrogen and oxygen atoms in total. The van der Waals surface area contributed by atoms with Crippen molar-refractivity contribution < 1.29 is 28.5 Å². The molecule has 1 aliphatic heterocycles. The third-order valence-corrected chi connectivity index (χ3v) is 4.81. The highest BCUT2D eigenvalue weighted by Crippen LogP contribution is 2.34. The molecule has 162 valence electrons. The smallest absolute Gasteiger partial charge is 0.337 e. The van der Waals surface area contributed by atoms with Crippen LogP contribution in [0.25, 0.3) is 0 Å². The van der Waals surface area contributed by atoms with Crippen LogP contribution < -0.4 is 9.47 Å². The van der Waals surface area contributed by atoms with Gasteiger partial charge >= 0.3 is 11.9 Å². The summed E-state index contributed by atoms with van der Waals surface area (Å²) in [6.07, 6.45) is 0. The van der Waals surface area contributed by atoms with E-state index in [-0.39, 0.29) is 6.79 Å². The van der Waals surface area contributed by atoms with Crippen molar-refractivity contribution in [1.82, 2.24) is 0 Å². The minimum absolute atomic E-state index is 0.142. The fraction of sp³-hybridized carbons (Fsp3) is 0.111. The number of carbonyl (C=O) groups excluding carboxylic acids is 2. The highest BCUT2D eigenvalue weighted by Gasteiger charge is 2.16. The molecule has 0 fully saturated rings. The number of hydrogen-bond donors (Lipinski definition) is 0. The Labute approximate surface area is 191 Å². The van der Waals surface area contributed by atoms with Crippen LogP contribution in [-0.4, -0.2) is 33.0 Å². The predicted octanol–water partition coefficient (Wildman–Crippen LogP) is 3.79. The summed E-state index contributed by atoms with van der Waals surface area (Å²) in [5.74, 6) is 12.8. The van der Waals surface area contributed by atoms with Crippen LogP contribution in [0.15, 0.2) is 60.7 Å². The summed E-state index contributed by atoms with van der Waals surface area (Å²) in [4.78, 5) is 23.2. The Morgan fingerprint density at radius 1 is 0.667 bits per heavy atom. The van der Waals surface area contributed by atoms with Gasteiger partial charge in [-0.05, 0) is 48.5 Å². The number of rotatable bonds is 2. The van der Waals surface area contributed by atoms with Gasteiger partial charge in [0.25, 0.3) is 0 Å². The Morgan fingerprint density at radius 3 is 1.42 bits per heavy atom. The molecule has 3 aromatic carbocycles. The van der Waals surface area contributed by atoms with Crippen LogP contribution in [0.3, 0.4) is 0 Å². The molecule has 0 aromatic heterocycles. The maximum atomic E-state index is 11.6. The van der Waals surface area contributed by atoms with E-state index >= 15 is 0 Å².